The zero-order chi connectivity index (χ0) is 17.8. The van der Waals surface area contributed by atoms with Gasteiger partial charge in [0, 0.05) is 44.8 Å². The molecule has 0 radical (unpaired) electrons. The van der Waals surface area contributed by atoms with Crippen molar-refractivity contribution in [2.24, 2.45) is 5.73 Å². The average Bonchev–Trinajstić information content (AvgIpc) is 3.16. The minimum Gasteiger partial charge on any atom is -0.365 e. The topological polar surface area (TPSA) is 84.5 Å². The van der Waals surface area contributed by atoms with Gasteiger partial charge in [-0.3, -0.25) is 9.59 Å². The monoisotopic (exact) mass is 341 g/mol. The molecule has 3 heterocycles. The molecule has 25 heavy (non-hydrogen) atoms. The van der Waals surface area contributed by atoms with Crippen LogP contribution < -0.4 is 10.6 Å². The summed E-state index contributed by atoms with van der Waals surface area (Å²) in [5.74, 6) is 0.245. The zero-order valence-electron chi connectivity index (χ0n) is 14.3. The predicted octanol–water partition coefficient (Wildman–Crippen LogP) is 1.28. The fraction of sp³-hybridized carbons (Fsp3) is 0.389. The molecule has 2 N–H and O–H groups in total. The van der Waals surface area contributed by atoms with Crippen molar-refractivity contribution in [2.45, 2.75) is 19.4 Å². The van der Waals surface area contributed by atoms with E-state index in [0.717, 1.165) is 6.42 Å². The Kier molecular flexibility index (Phi) is 5.02. The molecule has 132 valence electrons. The quantitative estimate of drug-likeness (QED) is 0.888. The molecule has 1 fully saturated rings. The molecule has 3 rings (SSSR count). The number of nitrogens with zero attached hydrogens (tertiary/aromatic N) is 4. The van der Waals surface area contributed by atoms with E-state index in [1.807, 2.05) is 45.8 Å². The number of amides is 2. The fourth-order valence-electron chi connectivity index (χ4n) is 3.26. The van der Waals surface area contributed by atoms with Gasteiger partial charge in [-0.25, -0.2) is 4.98 Å². The summed E-state index contributed by atoms with van der Waals surface area (Å²) in [7, 11) is 0. The maximum atomic E-state index is 12.8. The number of piperazine rings is 1. The SMILES string of the molecule is CCC(C(=O)N1CCN(c2ncccc2C(N)=O)CC1)n1cccc1. The second-order valence-corrected chi connectivity index (χ2v) is 6.11. The lowest BCUT2D eigenvalue weighted by atomic mass is 10.1. The number of hydrogen-bond donors (Lipinski definition) is 1. The molecular weight excluding hydrogens is 318 g/mol. The third-order valence-electron chi connectivity index (χ3n) is 4.60. The van der Waals surface area contributed by atoms with Crippen molar-refractivity contribution in [1.82, 2.24) is 14.5 Å². The number of carbonyl (C=O) groups excluding carboxylic acids is 2. The van der Waals surface area contributed by atoms with Gasteiger partial charge >= 0.3 is 0 Å². The highest BCUT2D eigenvalue weighted by Crippen LogP contribution is 2.21. The highest BCUT2D eigenvalue weighted by Gasteiger charge is 2.28. The van der Waals surface area contributed by atoms with Crippen LogP contribution in [0, 0.1) is 0 Å². The molecular formula is C18H23N5O2. The highest BCUT2D eigenvalue weighted by atomic mass is 16.2. The van der Waals surface area contributed by atoms with Crippen molar-refractivity contribution in [3.05, 3.63) is 48.4 Å². The average molecular weight is 341 g/mol. The van der Waals surface area contributed by atoms with Crippen molar-refractivity contribution in [1.29, 1.82) is 0 Å². The Morgan fingerprint density at radius 2 is 1.84 bits per heavy atom. The van der Waals surface area contributed by atoms with Crippen LogP contribution in [0.15, 0.2) is 42.9 Å². The van der Waals surface area contributed by atoms with E-state index in [2.05, 4.69) is 4.98 Å². The van der Waals surface area contributed by atoms with Gasteiger partial charge in [-0.05, 0) is 30.7 Å². The van der Waals surface area contributed by atoms with Gasteiger partial charge in [-0.2, -0.15) is 0 Å². The number of pyridine rings is 1. The van der Waals surface area contributed by atoms with E-state index in [1.165, 1.54) is 0 Å². The molecule has 0 spiro atoms. The fourth-order valence-corrected chi connectivity index (χ4v) is 3.26. The van der Waals surface area contributed by atoms with Crippen LogP contribution in [0.25, 0.3) is 0 Å². The van der Waals surface area contributed by atoms with E-state index in [4.69, 9.17) is 5.73 Å². The first-order valence-electron chi connectivity index (χ1n) is 8.52. The number of primary amides is 1. The smallest absolute Gasteiger partial charge is 0.252 e. The van der Waals surface area contributed by atoms with Crippen molar-refractivity contribution < 1.29 is 9.59 Å². The van der Waals surface area contributed by atoms with Crippen LogP contribution in [0.3, 0.4) is 0 Å². The minimum atomic E-state index is -0.486. The first-order valence-corrected chi connectivity index (χ1v) is 8.52. The van der Waals surface area contributed by atoms with Crippen molar-refractivity contribution in [3.8, 4) is 0 Å². The van der Waals surface area contributed by atoms with Gasteiger partial charge in [0.05, 0.1) is 5.56 Å². The summed E-state index contributed by atoms with van der Waals surface area (Å²) >= 11 is 0. The Labute approximate surface area is 147 Å². The van der Waals surface area contributed by atoms with E-state index in [-0.39, 0.29) is 11.9 Å². The Balaban J connectivity index is 1.68. The Bertz CT molecular complexity index is 736. The Morgan fingerprint density at radius 1 is 1.16 bits per heavy atom. The van der Waals surface area contributed by atoms with Crippen LogP contribution in [0.5, 0.6) is 0 Å². The molecule has 7 heteroatoms. The van der Waals surface area contributed by atoms with Crippen LogP contribution in [-0.2, 0) is 4.79 Å². The van der Waals surface area contributed by atoms with Gasteiger partial charge < -0.3 is 20.1 Å². The molecule has 2 aromatic rings. The summed E-state index contributed by atoms with van der Waals surface area (Å²) in [6, 6.07) is 7.08. The summed E-state index contributed by atoms with van der Waals surface area (Å²) in [6.07, 6.45) is 6.25. The lowest BCUT2D eigenvalue weighted by Gasteiger charge is -2.37. The molecule has 0 bridgehead atoms. The second-order valence-electron chi connectivity index (χ2n) is 6.11. The molecule has 7 nitrogen and oxygen atoms in total. The van der Waals surface area contributed by atoms with Gasteiger partial charge in [0.2, 0.25) is 5.91 Å². The molecule has 1 atom stereocenters. The van der Waals surface area contributed by atoms with Crippen LogP contribution >= 0.6 is 0 Å². The van der Waals surface area contributed by atoms with Crippen LogP contribution in [0.4, 0.5) is 5.82 Å². The molecule has 1 saturated heterocycles. The Hall–Kier alpha value is -2.83. The van der Waals surface area contributed by atoms with E-state index < -0.39 is 5.91 Å². The Morgan fingerprint density at radius 3 is 2.44 bits per heavy atom. The zero-order valence-corrected chi connectivity index (χ0v) is 14.3. The highest BCUT2D eigenvalue weighted by molar-refractivity contribution is 5.97. The van der Waals surface area contributed by atoms with Crippen LogP contribution in [0.1, 0.15) is 29.7 Å². The van der Waals surface area contributed by atoms with Gasteiger partial charge in [0.15, 0.2) is 0 Å². The van der Waals surface area contributed by atoms with Gasteiger partial charge in [0.25, 0.3) is 5.91 Å². The number of anilines is 1. The van der Waals surface area contributed by atoms with Crippen LogP contribution in [-0.4, -0.2) is 52.4 Å². The van der Waals surface area contributed by atoms with Gasteiger partial charge in [-0.15, -0.1) is 0 Å². The van der Waals surface area contributed by atoms with Crippen LogP contribution in [0.2, 0.25) is 0 Å². The normalized spacial score (nSPS) is 15.9. The molecule has 0 aromatic carbocycles. The standard InChI is InChI=1S/C18H23N5O2/c1-2-15(21-8-3-4-9-21)18(25)23-12-10-22(11-13-23)17-14(16(19)24)6-5-7-20-17/h3-9,15H,2,10-13H2,1H3,(H2,19,24). The number of hydrogen-bond acceptors (Lipinski definition) is 4. The van der Waals surface area contributed by atoms with Gasteiger partial charge in [0.1, 0.15) is 11.9 Å². The van der Waals surface area contributed by atoms with Crippen molar-refractivity contribution in [3.63, 3.8) is 0 Å². The van der Waals surface area contributed by atoms with Gasteiger partial charge in [-0.1, -0.05) is 6.92 Å². The van der Waals surface area contributed by atoms with Crippen molar-refractivity contribution >= 4 is 17.6 Å². The molecule has 0 aliphatic carbocycles. The van der Waals surface area contributed by atoms with E-state index >= 15 is 0 Å². The third kappa shape index (κ3) is 3.50. The molecule has 2 aromatic heterocycles. The molecule has 1 aliphatic heterocycles. The maximum Gasteiger partial charge on any atom is 0.252 e. The summed E-state index contributed by atoms with van der Waals surface area (Å²) < 4.78 is 1.96. The second kappa shape index (κ2) is 7.38. The summed E-state index contributed by atoms with van der Waals surface area (Å²) in [4.78, 5) is 32.6. The summed E-state index contributed by atoms with van der Waals surface area (Å²) in [6.45, 7) is 4.49. The largest absolute Gasteiger partial charge is 0.365 e. The lowest BCUT2D eigenvalue weighted by Crippen LogP contribution is -2.51. The van der Waals surface area contributed by atoms with Crippen molar-refractivity contribution in [2.75, 3.05) is 31.1 Å². The molecule has 2 amide bonds. The number of nitrogens with two attached hydrogens (primary N) is 1. The number of rotatable bonds is 5. The maximum absolute atomic E-state index is 12.8. The first kappa shape index (κ1) is 17.0. The van der Waals surface area contributed by atoms with E-state index in [9.17, 15) is 9.59 Å². The molecule has 0 saturated carbocycles. The molecule has 1 unspecified atom stereocenters. The lowest BCUT2D eigenvalue weighted by molar-refractivity contribution is -0.135. The van der Waals surface area contributed by atoms with E-state index in [1.54, 1.807) is 18.3 Å². The number of aromatic nitrogens is 2. The first-order chi connectivity index (χ1) is 12.1. The minimum absolute atomic E-state index is 0.134. The predicted molar refractivity (Wildman–Crippen MR) is 95.3 cm³/mol. The third-order valence-corrected chi connectivity index (χ3v) is 4.60. The number of carbonyl (C=O) groups is 2. The summed E-state index contributed by atoms with van der Waals surface area (Å²) in [5, 5.41) is 0. The van der Waals surface area contributed by atoms with E-state index in [0.29, 0.717) is 37.6 Å². The summed E-state index contributed by atoms with van der Waals surface area (Å²) in [5.41, 5.74) is 5.85. The molecule has 1 aliphatic rings.